The van der Waals surface area contributed by atoms with Crippen LogP contribution in [-0.4, -0.2) is 28.8 Å². The fourth-order valence-electron chi connectivity index (χ4n) is 1.26. The van der Waals surface area contributed by atoms with Gasteiger partial charge in [-0.25, -0.2) is 0 Å². The van der Waals surface area contributed by atoms with Crippen LogP contribution in [0.4, 0.5) is 13.2 Å². The van der Waals surface area contributed by atoms with Gasteiger partial charge in [0.05, 0.1) is 10.7 Å². The first-order valence-corrected chi connectivity index (χ1v) is 4.54. The Morgan fingerprint density at radius 2 is 1.93 bits per heavy atom. The van der Waals surface area contributed by atoms with Crippen LogP contribution >= 0.6 is 11.6 Å². The maximum atomic E-state index is 12.5. The van der Waals surface area contributed by atoms with Crippen LogP contribution in [0.1, 0.15) is 11.4 Å². The molecule has 86 valence electrons. The summed E-state index contributed by atoms with van der Waals surface area (Å²) in [5.41, 5.74) is -0.669. The van der Waals surface area contributed by atoms with Crippen molar-refractivity contribution in [1.82, 2.24) is 14.7 Å². The number of aryl methyl sites for hydroxylation is 1. The van der Waals surface area contributed by atoms with Crippen molar-refractivity contribution >= 4 is 11.6 Å². The molecule has 0 spiro atoms. The van der Waals surface area contributed by atoms with Crippen LogP contribution in [0.2, 0.25) is 5.02 Å². The highest BCUT2D eigenvalue weighted by Gasteiger charge is 2.38. The Labute approximate surface area is 90.4 Å². The molecule has 1 heterocycles. The van der Waals surface area contributed by atoms with Crippen LogP contribution in [-0.2, 0) is 19.8 Å². The van der Waals surface area contributed by atoms with E-state index >= 15 is 0 Å². The fourth-order valence-corrected chi connectivity index (χ4v) is 1.59. The minimum atomic E-state index is -4.47. The second-order valence-electron chi connectivity index (χ2n) is 3.47. The van der Waals surface area contributed by atoms with E-state index in [1.165, 1.54) is 7.05 Å². The van der Waals surface area contributed by atoms with Gasteiger partial charge in [0.25, 0.3) is 0 Å². The van der Waals surface area contributed by atoms with E-state index in [1.807, 2.05) is 0 Å². The standard InChI is InChI=1S/C8H11ClF3N3/c1-14(2)4-5-6(9)7(8(10,11)12)15(3)13-5/h4H2,1-3H3. The van der Waals surface area contributed by atoms with E-state index in [9.17, 15) is 13.2 Å². The first-order chi connectivity index (χ1) is 6.73. The van der Waals surface area contributed by atoms with Crippen molar-refractivity contribution in [3.8, 4) is 0 Å². The summed E-state index contributed by atoms with van der Waals surface area (Å²) in [5, 5.41) is 3.42. The largest absolute Gasteiger partial charge is 0.434 e. The maximum Gasteiger partial charge on any atom is 0.434 e. The average Bonchev–Trinajstić information content (AvgIpc) is 2.23. The number of rotatable bonds is 2. The summed E-state index contributed by atoms with van der Waals surface area (Å²) in [6.07, 6.45) is -4.47. The molecule has 15 heavy (non-hydrogen) atoms. The molecule has 0 fully saturated rings. The van der Waals surface area contributed by atoms with Crippen molar-refractivity contribution in [2.45, 2.75) is 12.7 Å². The van der Waals surface area contributed by atoms with E-state index in [1.54, 1.807) is 19.0 Å². The van der Waals surface area contributed by atoms with E-state index in [0.29, 0.717) is 0 Å². The molecule has 1 aromatic heterocycles. The van der Waals surface area contributed by atoms with Crippen molar-refractivity contribution in [2.75, 3.05) is 14.1 Å². The van der Waals surface area contributed by atoms with Crippen LogP contribution in [0.25, 0.3) is 0 Å². The molecule has 0 atom stereocenters. The first-order valence-electron chi connectivity index (χ1n) is 4.16. The lowest BCUT2D eigenvalue weighted by molar-refractivity contribution is -0.143. The summed E-state index contributed by atoms with van der Waals surface area (Å²) in [7, 11) is 4.70. The third-order valence-corrected chi connectivity index (χ3v) is 2.19. The lowest BCUT2D eigenvalue weighted by Crippen LogP contribution is -2.12. The van der Waals surface area contributed by atoms with Gasteiger partial charge in [-0.3, -0.25) is 4.68 Å². The number of aromatic nitrogens is 2. The smallest absolute Gasteiger partial charge is 0.303 e. The highest BCUT2D eigenvalue weighted by Crippen LogP contribution is 2.36. The molecule has 0 aliphatic heterocycles. The van der Waals surface area contributed by atoms with Crippen molar-refractivity contribution in [3.63, 3.8) is 0 Å². The summed E-state index contributed by atoms with van der Waals surface area (Å²) in [5.74, 6) is 0. The van der Waals surface area contributed by atoms with Crippen LogP contribution in [0.15, 0.2) is 0 Å². The molecule has 0 saturated heterocycles. The third-order valence-electron chi connectivity index (χ3n) is 1.79. The van der Waals surface area contributed by atoms with Crippen molar-refractivity contribution in [1.29, 1.82) is 0 Å². The van der Waals surface area contributed by atoms with Gasteiger partial charge in [0.2, 0.25) is 0 Å². The van der Waals surface area contributed by atoms with E-state index in [2.05, 4.69) is 5.10 Å². The second-order valence-corrected chi connectivity index (χ2v) is 3.85. The van der Waals surface area contributed by atoms with E-state index in [4.69, 9.17) is 11.6 Å². The van der Waals surface area contributed by atoms with E-state index < -0.39 is 11.9 Å². The number of hydrogen-bond donors (Lipinski definition) is 0. The molecular formula is C8H11ClF3N3. The number of nitrogens with zero attached hydrogens (tertiary/aromatic N) is 3. The minimum Gasteiger partial charge on any atom is -0.303 e. The molecule has 0 N–H and O–H groups in total. The summed E-state index contributed by atoms with van der Waals surface area (Å²) in [4.78, 5) is 1.70. The van der Waals surface area contributed by atoms with Gasteiger partial charge in [0, 0.05) is 13.6 Å². The van der Waals surface area contributed by atoms with Crippen LogP contribution in [0.5, 0.6) is 0 Å². The molecular weight excluding hydrogens is 231 g/mol. The molecule has 0 bridgehead atoms. The molecule has 0 radical (unpaired) electrons. The van der Waals surface area contributed by atoms with Crippen molar-refractivity contribution in [3.05, 3.63) is 16.4 Å². The van der Waals surface area contributed by atoms with Gasteiger partial charge in [-0.05, 0) is 14.1 Å². The van der Waals surface area contributed by atoms with Gasteiger partial charge in [-0.15, -0.1) is 0 Å². The summed E-state index contributed by atoms with van der Waals surface area (Å²) in [6.45, 7) is 0.281. The molecule has 0 saturated carbocycles. The maximum absolute atomic E-state index is 12.5. The summed E-state index contributed by atoms with van der Waals surface area (Å²) in [6, 6.07) is 0. The SMILES string of the molecule is CN(C)Cc1nn(C)c(C(F)(F)F)c1Cl. The quantitative estimate of drug-likeness (QED) is 0.791. The molecule has 0 aliphatic rings. The predicted octanol–water partition coefficient (Wildman–Crippen LogP) is 2.15. The normalized spacial score (nSPS) is 12.5. The van der Waals surface area contributed by atoms with Crippen LogP contribution < -0.4 is 0 Å². The molecule has 7 heteroatoms. The van der Waals surface area contributed by atoms with Crippen LogP contribution in [0, 0.1) is 0 Å². The second kappa shape index (κ2) is 4.02. The van der Waals surface area contributed by atoms with E-state index in [-0.39, 0.29) is 17.3 Å². The Morgan fingerprint density at radius 1 is 1.40 bits per heavy atom. The Hall–Kier alpha value is -0.750. The fraction of sp³-hybridized carbons (Fsp3) is 0.625. The van der Waals surface area contributed by atoms with Gasteiger partial charge in [-0.1, -0.05) is 11.6 Å². The van der Waals surface area contributed by atoms with Crippen LogP contribution in [0.3, 0.4) is 0 Å². The number of alkyl halides is 3. The summed E-state index contributed by atoms with van der Waals surface area (Å²) >= 11 is 5.63. The minimum absolute atomic E-state index is 0.233. The Kier molecular flexibility index (Phi) is 3.30. The average molecular weight is 242 g/mol. The Bertz CT molecular complexity index is 357. The molecule has 1 rings (SSSR count). The van der Waals surface area contributed by atoms with Crippen molar-refractivity contribution < 1.29 is 13.2 Å². The van der Waals surface area contributed by atoms with Gasteiger partial charge >= 0.3 is 6.18 Å². The highest BCUT2D eigenvalue weighted by atomic mass is 35.5. The summed E-state index contributed by atoms with van der Waals surface area (Å²) < 4.78 is 38.3. The monoisotopic (exact) mass is 241 g/mol. The number of hydrogen-bond acceptors (Lipinski definition) is 2. The topological polar surface area (TPSA) is 21.1 Å². The lowest BCUT2D eigenvalue weighted by Gasteiger charge is -2.07. The Balaban J connectivity index is 3.15. The Morgan fingerprint density at radius 3 is 2.27 bits per heavy atom. The van der Waals surface area contributed by atoms with Gasteiger partial charge in [-0.2, -0.15) is 18.3 Å². The van der Waals surface area contributed by atoms with Crippen molar-refractivity contribution in [2.24, 2.45) is 7.05 Å². The first kappa shape index (κ1) is 12.3. The van der Waals surface area contributed by atoms with E-state index in [0.717, 1.165) is 4.68 Å². The molecule has 0 aromatic carbocycles. The van der Waals surface area contributed by atoms with Gasteiger partial charge in [0.1, 0.15) is 0 Å². The molecule has 3 nitrogen and oxygen atoms in total. The number of halogens is 4. The van der Waals surface area contributed by atoms with Gasteiger partial charge < -0.3 is 4.90 Å². The van der Waals surface area contributed by atoms with Gasteiger partial charge in [0.15, 0.2) is 5.69 Å². The molecule has 0 aliphatic carbocycles. The zero-order valence-corrected chi connectivity index (χ0v) is 9.32. The zero-order valence-electron chi connectivity index (χ0n) is 8.56. The third kappa shape index (κ3) is 2.63. The lowest BCUT2D eigenvalue weighted by atomic mass is 10.3. The highest BCUT2D eigenvalue weighted by molar-refractivity contribution is 6.32. The predicted molar refractivity (Wildman–Crippen MR) is 50.6 cm³/mol. The zero-order chi connectivity index (χ0) is 11.8. The molecule has 0 unspecified atom stereocenters. The molecule has 1 aromatic rings. The molecule has 0 amide bonds.